The number of ether oxygens (including phenoxy) is 1. The number of carbonyl (C=O) groups is 2. The molecule has 0 fully saturated rings. The van der Waals surface area contributed by atoms with E-state index in [0.29, 0.717) is 15.6 Å². The van der Waals surface area contributed by atoms with Crippen molar-refractivity contribution in [1.29, 1.82) is 0 Å². The van der Waals surface area contributed by atoms with Crippen molar-refractivity contribution < 1.29 is 18.7 Å². The lowest BCUT2D eigenvalue weighted by molar-refractivity contribution is 0.0477. The molecule has 2 aromatic carbocycles. The van der Waals surface area contributed by atoms with E-state index in [1.54, 1.807) is 13.0 Å². The molecule has 0 aliphatic rings. The number of aromatic nitrogens is 1. The van der Waals surface area contributed by atoms with Crippen molar-refractivity contribution in [2.75, 3.05) is 6.61 Å². The van der Waals surface area contributed by atoms with Crippen LogP contribution in [0.25, 0.3) is 10.6 Å². The Morgan fingerprint density at radius 2 is 1.76 bits per heavy atom. The molecular formula is C19H14FNO3S. The van der Waals surface area contributed by atoms with Crippen molar-refractivity contribution >= 4 is 23.1 Å². The van der Waals surface area contributed by atoms with Crippen LogP contribution in [0.4, 0.5) is 4.39 Å². The number of thiazole rings is 1. The molecule has 1 heterocycles. The first-order valence-electron chi connectivity index (χ1n) is 7.54. The Labute approximate surface area is 147 Å². The van der Waals surface area contributed by atoms with Gasteiger partial charge in [-0.25, -0.2) is 14.2 Å². The van der Waals surface area contributed by atoms with Gasteiger partial charge >= 0.3 is 5.97 Å². The third-order valence-corrected chi connectivity index (χ3v) is 4.70. The first-order chi connectivity index (χ1) is 12.1. The molecule has 6 heteroatoms. The smallest absolute Gasteiger partial charge is 0.350 e. The molecule has 0 bridgehead atoms. The topological polar surface area (TPSA) is 56.3 Å². The molecular weight excluding hydrogens is 341 g/mol. The Morgan fingerprint density at radius 3 is 2.48 bits per heavy atom. The first kappa shape index (κ1) is 17.0. The number of hydrogen-bond acceptors (Lipinski definition) is 5. The molecule has 0 saturated carbocycles. The predicted molar refractivity (Wildman–Crippen MR) is 93.3 cm³/mol. The van der Waals surface area contributed by atoms with Crippen LogP contribution in [0.15, 0.2) is 54.6 Å². The summed E-state index contributed by atoms with van der Waals surface area (Å²) in [6.45, 7) is 1.19. The summed E-state index contributed by atoms with van der Waals surface area (Å²) in [5.41, 5.74) is 1.34. The summed E-state index contributed by atoms with van der Waals surface area (Å²) >= 11 is 1.20. The number of aryl methyl sites for hydroxylation is 1. The molecule has 0 atom stereocenters. The lowest BCUT2D eigenvalue weighted by Gasteiger charge is -2.04. The second-order valence-electron chi connectivity index (χ2n) is 5.28. The number of Topliss-reactive ketones (excluding diaryl/α,β-unsaturated/α-hetero) is 1. The van der Waals surface area contributed by atoms with Crippen molar-refractivity contribution in [3.05, 3.63) is 76.5 Å². The van der Waals surface area contributed by atoms with Crippen LogP contribution >= 0.6 is 11.3 Å². The number of nitrogens with zero attached hydrogens (tertiary/aromatic N) is 1. The molecule has 0 aliphatic carbocycles. The zero-order valence-electron chi connectivity index (χ0n) is 13.4. The molecule has 0 aliphatic heterocycles. The summed E-state index contributed by atoms with van der Waals surface area (Å²) in [5.74, 6) is -1.86. The van der Waals surface area contributed by atoms with E-state index in [1.807, 2.05) is 30.3 Å². The van der Waals surface area contributed by atoms with Crippen molar-refractivity contribution in [1.82, 2.24) is 4.98 Å². The van der Waals surface area contributed by atoms with Gasteiger partial charge in [0.2, 0.25) is 5.78 Å². The molecule has 4 nitrogen and oxygen atoms in total. The molecule has 1 aromatic heterocycles. The first-order valence-corrected chi connectivity index (χ1v) is 8.35. The Kier molecular flexibility index (Phi) is 5.00. The normalized spacial score (nSPS) is 10.5. The van der Waals surface area contributed by atoms with E-state index in [-0.39, 0.29) is 5.56 Å². The number of ketones is 1. The van der Waals surface area contributed by atoms with E-state index in [0.717, 1.165) is 5.56 Å². The van der Waals surface area contributed by atoms with Gasteiger partial charge in [-0.2, -0.15) is 0 Å². The van der Waals surface area contributed by atoms with Crippen LogP contribution in [0.3, 0.4) is 0 Å². The molecule has 0 N–H and O–H groups in total. The quantitative estimate of drug-likeness (QED) is 0.506. The highest BCUT2D eigenvalue weighted by Gasteiger charge is 2.19. The highest BCUT2D eigenvalue weighted by atomic mass is 32.1. The standard InChI is InChI=1S/C19H14FNO3S/c1-12-17(25-18(21-12)13-7-3-2-4-8-13)19(23)24-11-16(22)14-9-5-6-10-15(14)20/h2-10H,11H2,1H3. The van der Waals surface area contributed by atoms with Gasteiger partial charge in [0.05, 0.1) is 11.3 Å². The molecule has 3 aromatic rings. The van der Waals surface area contributed by atoms with Crippen molar-refractivity contribution in [3.63, 3.8) is 0 Å². The van der Waals surface area contributed by atoms with E-state index in [4.69, 9.17) is 4.74 Å². The lowest BCUT2D eigenvalue weighted by atomic mass is 10.1. The highest BCUT2D eigenvalue weighted by Crippen LogP contribution is 2.28. The van der Waals surface area contributed by atoms with E-state index >= 15 is 0 Å². The Bertz CT molecular complexity index is 921. The van der Waals surface area contributed by atoms with Crippen LogP contribution in [-0.4, -0.2) is 23.3 Å². The molecule has 0 saturated heterocycles. The summed E-state index contributed by atoms with van der Waals surface area (Å²) in [6, 6.07) is 15.1. The average molecular weight is 355 g/mol. The fourth-order valence-electron chi connectivity index (χ4n) is 2.25. The second kappa shape index (κ2) is 7.36. The summed E-state index contributed by atoms with van der Waals surface area (Å²) in [7, 11) is 0. The number of hydrogen-bond donors (Lipinski definition) is 0. The number of esters is 1. The number of benzene rings is 2. The van der Waals surface area contributed by atoms with Crippen LogP contribution < -0.4 is 0 Å². The molecule has 0 spiro atoms. The maximum absolute atomic E-state index is 13.6. The molecule has 0 unspecified atom stereocenters. The Balaban J connectivity index is 1.71. The molecule has 3 rings (SSSR count). The van der Waals surface area contributed by atoms with Gasteiger partial charge in [0, 0.05) is 5.56 Å². The highest BCUT2D eigenvalue weighted by molar-refractivity contribution is 7.17. The van der Waals surface area contributed by atoms with Gasteiger partial charge in [-0.3, -0.25) is 4.79 Å². The third-order valence-electron chi connectivity index (χ3n) is 3.51. The fourth-order valence-corrected chi connectivity index (χ4v) is 3.22. The van der Waals surface area contributed by atoms with Gasteiger partial charge in [-0.05, 0) is 19.1 Å². The summed E-state index contributed by atoms with van der Waals surface area (Å²) in [6.07, 6.45) is 0. The number of carbonyl (C=O) groups excluding carboxylic acids is 2. The van der Waals surface area contributed by atoms with Gasteiger partial charge in [-0.1, -0.05) is 42.5 Å². The lowest BCUT2D eigenvalue weighted by Crippen LogP contribution is -2.15. The summed E-state index contributed by atoms with van der Waals surface area (Å²) < 4.78 is 18.6. The van der Waals surface area contributed by atoms with Crippen LogP contribution in [0.1, 0.15) is 25.7 Å². The van der Waals surface area contributed by atoms with Gasteiger partial charge in [0.25, 0.3) is 0 Å². The summed E-state index contributed by atoms with van der Waals surface area (Å²) in [5, 5.41) is 0.700. The minimum atomic E-state index is -0.637. The predicted octanol–water partition coefficient (Wildman–Crippen LogP) is 4.30. The largest absolute Gasteiger partial charge is 0.453 e. The number of halogens is 1. The van der Waals surface area contributed by atoms with Crippen molar-refractivity contribution in [2.24, 2.45) is 0 Å². The molecule has 25 heavy (non-hydrogen) atoms. The van der Waals surface area contributed by atoms with E-state index in [1.165, 1.54) is 29.5 Å². The summed E-state index contributed by atoms with van der Waals surface area (Å²) in [4.78, 5) is 28.9. The van der Waals surface area contributed by atoms with Gasteiger partial charge in [-0.15, -0.1) is 11.3 Å². The van der Waals surface area contributed by atoms with E-state index < -0.39 is 24.2 Å². The van der Waals surface area contributed by atoms with Crippen LogP contribution in [-0.2, 0) is 4.74 Å². The Hall–Kier alpha value is -2.86. The third kappa shape index (κ3) is 3.80. The molecule has 0 amide bonds. The maximum atomic E-state index is 13.6. The minimum absolute atomic E-state index is 0.0960. The monoisotopic (exact) mass is 355 g/mol. The van der Waals surface area contributed by atoms with E-state index in [2.05, 4.69) is 4.98 Å². The van der Waals surface area contributed by atoms with Crippen molar-refractivity contribution in [3.8, 4) is 10.6 Å². The zero-order valence-corrected chi connectivity index (χ0v) is 14.2. The Morgan fingerprint density at radius 1 is 1.08 bits per heavy atom. The molecule has 0 radical (unpaired) electrons. The SMILES string of the molecule is Cc1nc(-c2ccccc2)sc1C(=O)OCC(=O)c1ccccc1F. The van der Waals surface area contributed by atoms with Crippen LogP contribution in [0, 0.1) is 12.7 Å². The van der Waals surface area contributed by atoms with Gasteiger partial charge < -0.3 is 4.74 Å². The van der Waals surface area contributed by atoms with E-state index in [9.17, 15) is 14.0 Å². The molecule has 126 valence electrons. The minimum Gasteiger partial charge on any atom is -0.453 e. The maximum Gasteiger partial charge on any atom is 0.350 e. The second-order valence-corrected chi connectivity index (χ2v) is 6.28. The van der Waals surface area contributed by atoms with Gasteiger partial charge in [0.1, 0.15) is 15.7 Å². The fraction of sp³-hybridized carbons (Fsp3) is 0.105. The average Bonchev–Trinajstić information content (AvgIpc) is 3.02. The van der Waals surface area contributed by atoms with Crippen LogP contribution in [0.2, 0.25) is 0 Å². The van der Waals surface area contributed by atoms with Gasteiger partial charge in [0.15, 0.2) is 6.61 Å². The van der Waals surface area contributed by atoms with Crippen molar-refractivity contribution in [2.45, 2.75) is 6.92 Å². The van der Waals surface area contributed by atoms with Crippen LogP contribution in [0.5, 0.6) is 0 Å². The zero-order chi connectivity index (χ0) is 17.8. The number of rotatable bonds is 5.